The predicted molar refractivity (Wildman–Crippen MR) is 116 cm³/mol. The van der Waals surface area contributed by atoms with Gasteiger partial charge in [-0.15, -0.1) is 10.2 Å². The van der Waals surface area contributed by atoms with Crippen LogP contribution in [0.3, 0.4) is 0 Å². The third-order valence-electron chi connectivity index (χ3n) is 4.67. The number of nitrogens with one attached hydrogen (secondary N) is 3. The van der Waals surface area contributed by atoms with E-state index in [1.165, 1.54) is 17.0 Å². The molecule has 0 saturated carbocycles. The smallest absolute Gasteiger partial charge is 0.274 e. The van der Waals surface area contributed by atoms with E-state index in [0.29, 0.717) is 30.2 Å². The van der Waals surface area contributed by atoms with Gasteiger partial charge in [-0.2, -0.15) is 5.21 Å². The number of carbonyl (C=O) groups is 3. The largest absolute Gasteiger partial charge is 0.359 e. The number of aromatic amines is 1. The number of aromatic nitrogens is 5. The topological polar surface area (TPSA) is 155 Å². The number of hydrogen-bond acceptors (Lipinski definition) is 8. The number of hydrogen-bond donors (Lipinski definition) is 3. The molecule has 0 spiro atoms. The lowest BCUT2D eigenvalue weighted by molar-refractivity contribution is -0.116. The van der Waals surface area contributed by atoms with Crippen LogP contribution in [0, 0.1) is 0 Å². The van der Waals surface area contributed by atoms with Crippen LogP contribution in [-0.2, 0) is 9.53 Å². The van der Waals surface area contributed by atoms with Gasteiger partial charge >= 0.3 is 0 Å². The van der Waals surface area contributed by atoms with Gasteiger partial charge in [-0.25, -0.2) is 4.98 Å². The Bertz CT molecular complexity index is 1160. The molecule has 4 rings (SSSR count). The second kappa shape index (κ2) is 10.1. The number of rotatable bonds is 7. The number of pyridine rings is 1. The van der Waals surface area contributed by atoms with Crippen LogP contribution in [0.4, 0.5) is 5.69 Å². The van der Waals surface area contributed by atoms with Gasteiger partial charge in [0.15, 0.2) is 0 Å². The van der Waals surface area contributed by atoms with Gasteiger partial charge < -0.3 is 20.3 Å². The Balaban J connectivity index is 1.31. The SMILES string of the molecule is O=C(CCNC(=O)c1cc(Cl)cc(C(=O)N2CCOC2)n1)Nc1cccc(-c2nn[nH]n2)c1. The molecular weight excluding hydrogens is 452 g/mol. The lowest BCUT2D eigenvalue weighted by Gasteiger charge is -2.13. The molecule has 3 heterocycles. The van der Waals surface area contributed by atoms with E-state index in [9.17, 15) is 14.4 Å². The molecular formula is C20H19ClN8O4. The van der Waals surface area contributed by atoms with Crippen molar-refractivity contribution in [2.45, 2.75) is 6.42 Å². The molecule has 0 radical (unpaired) electrons. The maximum absolute atomic E-state index is 12.5. The van der Waals surface area contributed by atoms with Crippen LogP contribution in [0.15, 0.2) is 36.4 Å². The van der Waals surface area contributed by atoms with Crippen molar-refractivity contribution in [3.63, 3.8) is 0 Å². The third-order valence-corrected chi connectivity index (χ3v) is 4.89. The molecule has 1 fully saturated rings. The molecule has 1 aromatic carbocycles. The molecule has 33 heavy (non-hydrogen) atoms. The van der Waals surface area contributed by atoms with Crippen molar-refractivity contribution in [2.24, 2.45) is 0 Å². The molecule has 0 aliphatic carbocycles. The second-order valence-corrected chi connectivity index (χ2v) is 7.47. The summed E-state index contributed by atoms with van der Waals surface area (Å²) >= 11 is 6.07. The van der Waals surface area contributed by atoms with Crippen molar-refractivity contribution in [1.29, 1.82) is 0 Å². The van der Waals surface area contributed by atoms with Crippen LogP contribution in [-0.4, -0.2) is 74.7 Å². The summed E-state index contributed by atoms with van der Waals surface area (Å²) in [6.45, 7) is 1.12. The maximum Gasteiger partial charge on any atom is 0.274 e. The zero-order valence-corrected chi connectivity index (χ0v) is 18.0. The maximum atomic E-state index is 12.5. The highest BCUT2D eigenvalue weighted by molar-refractivity contribution is 6.31. The molecule has 0 unspecified atom stereocenters. The first-order valence-electron chi connectivity index (χ1n) is 9.96. The van der Waals surface area contributed by atoms with Crippen molar-refractivity contribution < 1.29 is 19.1 Å². The van der Waals surface area contributed by atoms with Crippen molar-refractivity contribution >= 4 is 35.0 Å². The van der Waals surface area contributed by atoms with Gasteiger partial charge in [0.25, 0.3) is 11.8 Å². The van der Waals surface area contributed by atoms with E-state index in [1.807, 2.05) is 0 Å². The first-order chi connectivity index (χ1) is 16.0. The van der Waals surface area contributed by atoms with Crippen LogP contribution in [0.1, 0.15) is 27.4 Å². The second-order valence-electron chi connectivity index (χ2n) is 7.03. The van der Waals surface area contributed by atoms with Gasteiger partial charge in [0.2, 0.25) is 11.7 Å². The first-order valence-corrected chi connectivity index (χ1v) is 10.3. The van der Waals surface area contributed by atoms with E-state index >= 15 is 0 Å². The van der Waals surface area contributed by atoms with E-state index in [2.05, 4.69) is 36.2 Å². The Labute approximate surface area is 192 Å². The van der Waals surface area contributed by atoms with E-state index < -0.39 is 5.91 Å². The number of nitrogens with zero attached hydrogens (tertiary/aromatic N) is 5. The predicted octanol–water partition coefficient (Wildman–Crippen LogP) is 1.10. The van der Waals surface area contributed by atoms with Crippen LogP contribution < -0.4 is 10.6 Å². The molecule has 13 heteroatoms. The number of carbonyl (C=O) groups excluding carboxylic acids is 3. The number of amides is 3. The standard InChI is InChI=1S/C20H19ClN8O4/c21-13-9-15(24-16(10-13)20(32)29-6-7-33-11-29)19(31)22-5-4-17(30)23-14-3-1-2-12(8-14)18-25-27-28-26-18/h1-3,8-10H,4-7,11H2,(H,22,31)(H,23,30)(H,25,26,27,28). The zero-order chi connectivity index (χ0) is 23.2. The van der Waals surface area contributed by atoms with Crippen LogP contribution >= 0.6 is 11.6 Å². The molecule has 2 aromatic heterocycles. The molecule has 12 nitrogen and oxygen atoms in total. The fourth-order valence-electron chi connectivity index (χ4n) is 3.08. The Morgan fingerprint density at radius 2 is 2.03 bits per heavy atom. The van der Waals surface area contributed by atoms with E-state index in [-0.39, 0.29) is 47.9 Å². The lowest BCUT2D eigenvalue weighted by atomic mass is 10.2. The van der Waals surface area contributed by atoms with Gasteiger partial charge in [0.1, 0.15) is 18.1 Å². The molecule has 0 bridgehead atoms. The summed E-state index contributed by atoms with van der Waals surface area (Å²) in [7, 11) is 0. The van der Waals surface area contributed by atoms with E-state index in [4.69, 9.17) is 16.3 Å². The summed E-state index contributed by atoms with van der Waals surface area (Å²) in [4.78, 5) is 42.8. The lowest BCUT2D eigenvalue weighted by Crippen LogP contribution is -2.31. The molecule has 1 aliphatic rings. The first kappa shape index (κ1) is 22.3. The van der Waals surface area contributed by atoms with Crippen molar-refractivity contribution in [3.8, 4) is 11.4 Å². The third kappa shape index (κ3) is 5.67. The fraction of sp³-hybridized carbons (Fsp3) is 0.250. The molecule has 170 valence electrons. The summed E-state index contributed by atoms with van der Waals surface area (Å²) in [5.41, 5.74) is 1.28. The Hall–Kier alpha value is -3.90. The number of halogens is 1. The van der Waals surface area contributed by atoms with Crippen molar-refractivity contribution in [3.05, 3.63) is 52.8 Å². The van der Waals surface area contributed by atoms with Crippen molar-refractivity contribution in [2.75, 3.05) is 31.7 Å². The highest BCUT2D eigenvalue weighted by Crippen LogP contribution is 2.18. The highest BCUT2D eigenvalue weighted by Gasteiger charge is 2.23. The van der Waals surface area contributed by atoms with E-state index in [1.54, 1.807) is 24.3 Å². The average molecular weight is 471 g/mol. The Kier molecular flexibility index (Phi) is 6.86. The fourth-order valence-corrected chi connectivity index (χ4v) is 3.29. The van der Waals surface area contributed by atoms with Gasteiger partial charge in [0, 0.05) is 35.8 Å². The summed E-state index contributed by atoms with van der Waals surface area (Å²) in [5, 5.41) is 19.2. The summed E-state index contributed by atoms with van der Waals surface area (Å²) < 4.78 is 5.17. The zero-order valence-electron chi connectivity index (χ0n) is 17.2. The molecule has 1 saturated heterocycles. The summed E-state index contributed by atoms with van der Waals surface area (Å²) in [5.74, 6) is -0.811. The van der Waals surface area contributed by atoms with Crippen molar-refractivity contribution in [1.82, 2.24) is 35.8 Å². The van der Waals surface area contributed by atoms with E-state index in [0.717, 1.165) is 0 Å². The number of benzene rings is 1. The van der Waals surface area contributed by atoms with Crippen LogP contribution in [0.2, 0.25) is 5.02 Å². The molecule has 3 amide bonds. The van der Waals surface area contributed by atoms with Gasteiger partial charge in [-0.3, -0.25) is 14.4 Å². The quantitative estimate of drug-likeness (QED) is 0.463. The summed E-state index contributed by atoms with van der Waals surface area (Å²) in [6, 6.07) is 9.73. The monoisotopic (exact) mass is 470 g/mol. The van der Waals surface area contributed by atoms with Crippen LogP contribution in [0.25, 0.3) is 11.4 Å². The molecule has 3 N–H and O–H groups in total. The molecule has 0 atom stereocenters. The van der Waals surface area contributed by atoms with Gasteiger partial charge in [0.05, 0.1) is 6.61 Å². The number of H-pyrrole nitrogens is 1. The molecule has 1 aliphatic heterocycles. The molecule has 3 aromatic rings. The minimum absolute atomic E-state index is 0.0146. The summed E-state index contributed by atoms with van der Waals surface area (Å²) in [6.07, 6.45) is 0.0235. The van der Waals surface area contributed by atoms with Gasteiger partial charge in [-0.1, -0.05) is 23.7 Å². The normalized spacial score (nSPS) is 13.1. The van der Waals surface area contributed by atoms with Crippen LogP contribution in [0.5, 0.6) is 0 Å². The number of anilines is 1. The average Bonchev–Trinajstić information content (AvgIpc) is 3.53. The minimum Gasteiger partial charge on any atom is -0.359 e. The minimum atomic E-state index is -0.545. The number of ether oxygens (including phenoxy) is 1. The number of tetrazole rings is 1. The van der Waals surface area contributed by atoms with Gasteiger partial charge in [-0.05, 0) is 29.5 Å². The Morgan fingerprint density at radius 1 is 1.18 bits per heavy atom. The highest BCUT2D eigenvalue weighted by atomic mass is 35.5. The Morgan fingerprint density at radius 3 is 2.79 bits per heavy atom.